The number of anilines is 1. The van der Waals surface area contributed by atoms with E-state index in [2.05, 4.69) is 5.32 Å². The van der Waals surface area contributed by atoms with Crippen LogP contribution in [-0.4, -0.2) is 19.3 Å². The Kier molecular flexibility index (Phi) is 2.99. The standard InChI is InChI=1S/C13H17FN2O/c14-11-6-5-10-3-2-8-17-16(12(10)9-11)13-4-1-7-15-13/h5-6,9,13,15H,1-4,7-8H2. The smallest absolute Gasteiger partial charge is 0.125 e. The van der Waals surface area contributed by atoms with Crippen LogP contribution in [0.25, 0.3) is 0 Å². The maximum Gasteiger partial charge on any atom is 0.125 e. The Morgan fingerprint density at radius 2 is 2.29 bits per heavy atom. The number of fused-ring (bicyclic) bond motifs is 1. The summed E-state index contributed by atoms with van der Waals surface area (Å²) in [5.41, 5.74) is 2.07. The maximum atomic E-state index is 13.4. The molecule has 3 nitrogen and oxygen atoms in total. The summed E-state index contributed by atoms with van der Waals surface area (Å²) in [6.45, 7) is 1.71. The number of nitrogens with zero attached hydrogens (tertiary/aromatic N) is 1. The lowest BCUT2D eigenvalue weighted by atomic mass is 10.1. The molecule has 2 aliphatic heterocycles. The Morgan fingerprint density at radius 3 is 3.12 bits per heavy atom. The molecule has 17 heavy (non-hydrogen) atoms. The summed E-state index contributed by atoms with van der Waals surface area (Å²) in [5.74, 6) is -0.197. The first kappa shape index (κ1) is 11.0. The van der Waals surface area contributed by atoms with Gasteiger partial charge in [-0.1, -0.05) is 6.07 Å². The van der Waals surface area contributed by atoms with Gasteiger partial charge in [-0.25, -0.2) is 9.45 Å². The summed E-state index contributed by atoms with van der Waals surface area (Å²) in [4.78, 5) is 5.77. The van der Waals surface area contributed by atoms with Crippen molar-refractivity contribution in [3.8, 4) is 0 Å². The van der Waals surface area contributed by atoms with Crippen molar-refractivity contribution in [2.75, 3.05) is 18.2 Å². The SMILES string of the molecule is Fc1ccc2c(c1)N(C1CCCN1)OCCC2. The first-order valence-corrected chi connectivity index (χ1v) is 6.28. The van der Waals surface area contributed by atoms with E-state index in [4.69, 9.17) is 4.84 Å². The molecule has 0 aromatic heterocycles. The third kappa shape index (κ3) is 2.15. The molecule has 0 bridgehead atoms. The zero-order valence-corrected chi connectivity index (χ0v) is 9.79. The average molecular weight is 236 g/mol. The quantitative estimate of drug-likeness (QED) is 0.809. The van der Waals surface area contributed by atoms with Crippen molar-refractivity contribution in [3.63, 3.8) is 0 Å². The zero-order valence-electron chi connectivity index (χ0n) is 9.79. The summed E-state index contributed by atoms with van der Waals surface area (Å²) < 4.78 is 13.4. The van der Waals surface area contributed by atoms with E-state index in [9.17, 15) is 4.39 Å². The fourth-order valence-electron chi connectivity index (χ4n) is 2.57. The number of hydroxylamine groups is 1. The van der Waals surface area contributed by atoms with Gasteiger partial charge in [0.05, 0.1) is 12.3 Å². The van der Waals surface area contributed by atoms with Crippen molar-refractivity contribution in [1.82, 2.24) is 5.32 Å². The molecule has 4 heteroatoms. The predicted octanol–water partition coefficient (Wildman–Crippen LogP) is 2.22. The molecule has 2 aliphatic rings. The first-order valence-electron chi connectivity index (χ1n) is 6.28. The van der Waals surface area contributed by atoms with Crippen LogP contribution in [0.5, 0.6) is 0 Å². The molecule has 92 valence electrons. The molecule has 0 radical (unpaired) electrons. The molecule has 0 aliphatic carbocycles. The normalized spacial score (nSPS) is 24.5. The van der Waals surface area contributed by atoms with Crippen LogP contribution in [-0.2, 0) is 11.3 Å². The van der Waals surface area contributed by atoms with E-state index < -0.39 is 0 Å². The molecule has 1 aromatic carbocycles. The molecule has 1 fully saturated rings. The number of rotatable bonds is 1. The van der Waals surface area contributed by atoms with Crippen molar-refractivity contribution < 1.29 is 9.23 Å². The highest BCUT2D eigenvalue weighted by molar-refractivity contribution is 5.53. The third-order valence-corrected chi connectivity index (χ3v) is 3.42. The van der Waals surface area contributed by atoms with Crippen molar-refractivity contribution in [2.45, 2.75) is 31.8 Å². The lowest BCUT2D eigenvalue weighted by Gasteiger charge is -2.29. The van der Waals surface area contributed by atoms with Crippen LogP contribution in [0, 0.1) is 5.82 Å². The van der Waals surface area contributed by atoms with Crippen LogP contribution < -0.4 is 10.4 Å². The minimum absolute atomic E-state index is 0.189. The van der Waals surface area contributed by atoms with Gasteiger partial charge in [-0.2, -0.15) is 0 Å². The van der Waals surface area contributed by atoms with Crippen LogP contribution in [0.2, 0.25) is 0 Å². The fraction of sp³-hybridized carbons (Fsp3) is 0.538. The Labute approximate surface area is 101 Å². The van der Waals surface area contributed by atoms with Crippen molar-refractivity contribution in [1.29, 1.82) is 0 Å². The fourth-order valence-corrected chi connectivity index (χ4v) is 2.57. The Morgan fingerprint density at radius 1 is 1.35 bits per heavy atom. The number of hydrogen-bond donors (Lipinski definition) is 1. The topological polar surface area (TPSA) is 24.5 Å². The maximum absolute atomic E-state index is 13.4. The number of halogens is 1. The molecule has 1 saturated heterocycles. The predicted molar refractivity (Wildman–Crippen MR) is 64.2 cm³/mol. The van der Waals surface area contributed by atoms with Gasteiger partial charge in [0.2, 0.25) is 0 Å². The van der Waals surface area contributed by atoms with Crippen LogP contribution in [0.15, 0.2) is 18.2 Å². The number of hydrogen-bond acceptors (Lipinski definition) is 3. The van der Waals surface area contributed by atoms with E-state index in [1.807, 2.05) is 11.1 Å². The van der Waals surface area contributed by atoms with Gasteiger partial charge < -0.3 is 0 Å². The summed E-state index contributed by atoms with van der Waals surface area (Å²) in [5, 5.41) is 5.27. The van der Waals surface area contributed by atoms with Crippen LogP contribution >= 0.6 is 0 Å². The number of benzene rings is 1. The van der Waals surface area contributed by atoms with Gasteiger partial charge in [-0.15, -0.1) is 0 Å². The highest BCUT2D eigenvalue weighted by Gasteiger charge is 2.26. The third-order valence-electron chi connectivity index (χ3n) is 3.42. The highest BCUT2D eigenvalue weighted by atomic mass is 19.1. The van der Waals surface area contributed by atoms with Crippen molar-refractivity contribution >= 4 is 5.69 Å². The van der Waals surface area contributed by atoms with E-state index in [1.165, 1.54) is 11.6 Å². The minimum Gasteiger partial charge on any atom is -0.295 e. The van der Waals surface area contributed by atoms with Gasteiger partial charge in [0.15, 0.2) is 0 Å². The lowest BCUT2D eigenvalue weighted by molar-refractivity contribution is 0.0850. The molecular formula is C13H17FN2O. The molecule has 1 atom stereocenters. The van der Waals surface area contributed by atoms with Crippen molar-refractivity contribution in [3.05, 3.63) is 29.6 Å². The van der Waals surface area contributed by atoms with Gasteiger partial charge in [-0.05, 0) is 49.9 Å². The van der Waals surface area contributed by atoms with Gasteiger partial charge in [0.1, 0.15) is 12.0 Å². The Hall–Kier alpha value is -1.13. The van der Waals surface area contributed by atoms with E-state index in [-0.39, 0.29) is 12.0 Å². The molecule has 1 unspecified atom stereocenters. The second kappa shape index (κ2) is 4.63. The molecular weight excluding hydrogens is 219 g/mol. The van der Waals surface area contributed by atoms with Gasteiger partial charge in [0, 0.05) is 0 Å². The molecule has 0 saturated carbocycles. The van der Waals surface area contributed by atoms with Crippen LogP contribution in [0.1, 0.15) is 24.8 Å². The Balaban J connectivity index is 1.96. The molecule has 1 aromatic rings. The summed E-state index contributed by atoms with van der Waals surface area (Å²) in [6, 6.07) is 4.99. The minimum atomic E-state index is -0.197. The highest BCUT2D eigenvalue weighted by Crippen LogP contribution is 2.29. The largest absolute Gasteiger partial charge is 0.295 e. The number of aryl methyl sites for hydroxylation is 1. The molecule has 1 N–H and O–H groups in total. The van der Waals surface area contributed by atoms with Gasteiger partial charge in [0.25, 0.3) is 0 Å². The first-order chi connectivity index (χ1) is 8.34. The van der Waals surface area contributed by atoms with Crippen molar-refractivity contribution in [2.24, 2.45) is 0 Å². The van der Waals surface area contributed by atoms with Crippen LogP contribution in [0.3, 0.4) is 0 Å². The summed E-state index contributed by atoms with van der Waals surface area (Å²) in [6.07, 6.45) is 4.33. The lowest BCUT2D eigenvalue weighted by Crippen LogP contribution is -2.42. The van der Waals surface area contributed by atoms with Gasteiger partial charge in [-0.3, -0.25) is 10.2 Å². The monoisotopic (exact) mass is 236 g/mol. The number of nitrogens with one attached hydrogen (secondary N) is 1. The zero-order chi connectivity index (χ0) is 11.7. The summed E-state index contributed by atoms with van der Waals surface area (Å²) in [7, 11) is 0. The van der Waals surface area contributed by atoms with E-state index in [1.54, 1.807) is 6.07 Å². The second-order valence-corrected chi connectivity index (χ2v) is 4.65. The molecule has 3 rings (SSSR count). The summed E-state index contributed by atoms with van der Waals surface area (Å²) >= 11 is 0. The van der Waals surface area contributed by atoms with Crippen LogP contribution in [0.4, 0.5) is 10.1 Å². The average Bonchev–Trinajstić information content (AvgIpc) is 2.77. The molecule has 2 heterocycles. The van der Waals surface area contributed by atoms with E-state index in [0.717, 1.165) is 37.9 Å². The van der Waals surface area contributed by atoms with Gasteiger partial charge >= 0.3 is 0 Å². The van der Waals surface area contributed by atoms with E-state index in [0.29, 0.717) is 6.61 Å². The molecule has 0 spiro atoms. The molecule has 0 amide bonds. The Bertz CT molecular complexity index is 404. The second-order valence-electron chi connectivity index (χ2n) is 4.65. The van der Waals surface area contributed by atoms with E-state index >= 15 is 0 Å².